The van der Waals surface area contributed by atoms with Gasteiger partial charge >= 0.3 is 5.97 Å². The Morgan fingerprint density at radius 3 is 2.94 bits per heavy atom. The molecule has 1 atom stereocenters. The summed E-state index contributed by atoms with van der Waals surface area (Å²) in [5.41, 5.74) is 0.650. The largest absolute Gasteiger partial charge is 0.479 e. The van der Waals surface area contributed by atoms with Gasteiger partial charge in [-0.1, -0.05) is 11.6 Å². The molecule has 0 bridgehead atoms. The number of nitrogens with zero attached hydrogens (tertiary/aromatic N) is 2. The van der Waals surface area contributed by atoms with Crippen LogP contribution in [0.3, 0.4) is 0 Å². The standard InChI is InChI=1S/C11H9ClN2O3/c1-6(11(15)16)17-10-8-4-7(12)2-3-9(8)13-5-14-10/h2-6H,1H3,(H,15,16). The Kier molecular flexibility index (Phi) is 3.10. The minimum Gasteiger partial charge on any atom is -0.479 e. The van der Waals surface area contributed by atoms with E-state index in [-0.39, 0.29) is 5.88 Å². The second-order valence-corrected chi connectivity index (χ2v) is 3.88. The van der Waals surface area contributed by atoms with E-state index in [9.17, 15) is 4.79 Å². The Morgan fingerprint density at radius 1 is 1.47 bits per heavy atom. The minimum absolute atomic E-state index is 0.215. The van der Waals surface area contributed by atoms with Gasteiger partial charge in [0.2, 0.25) is 5.88 Å². The van der Waals surface area contributed by atoms with Gasteiger partial charge in [0.05, 0.1) is 10.9 Å². The van der Waals surface area contributed by atoms with Gasteiger partial charge in [0, 0.05) is 5.02 Å². The molecule has 5 nitrogen and oxygen atoms in total. The maximum atomic E-state index is 10.7. The van der Waals surface area contributed by atoms with Gasteiger partial charge in [-0.2, -0.15) is 0 Å². The monoisotopic (exact) mass is 252 g/mol. The van der Waals surface area contributed by atoms with Gasteiger partial charge in [0.15, 0.2) is 6.10 Å². The van der Waals surface area contributed by atoms with Crippen LogP contribution in [-0.4, -0.2) is 27.1 Å². The molecule has 2 rings (SSSR count). The number of aromatic nitrogens is 2. The molecule has 0 amide bonds. The van der Waals surface area contributed by atoms with Gasteiger partial charge in [-0.15, -0.1) is 0 Å². The van der Waals surface area contributed by atoms with E-state index in [1.165, 1.54) is 13.3 Å². The fourth-order valence-electron chi connectivity index (χ4n) is 1.32. The number of hydrogen-bond acceptors (Lipinski definition) is 4. The van der Waals surface area contributed by atoms with Crippen LogP contribution in [0.4, 0.5) is 0 Å². The fraction of sp³-hybridized carbons (Fsp3) is 0.182. The van der Waals surface area contributed by atoms with E-state index in [1.54, 1.807) is 18.2 Å². The van der Waals surface area contributed by atoms with Crippen LogP contribution in [0.1, 0.15) is 6.92 Å². The number of carbonyl (C=O) groups is 1. The molecule has 0 spiro atoms. The molecule has 1 aromatic carbocycles. The second-order valence-electron chi connectivity index (χ2n) is 3.44. The molecule has 0 radical (unpaired) electrons. The van der Waals surface area contributed by atoms with Crippen LogP contribution in [0, 0.1) is 0 Å². The number of halogens is 1. The van der Waals surface area contributed by atoms with E-state index in [1.807, 2.05) is 0 Å². The van der Waals surface area contributed by atoms with Crippen LogP contribution in [-0.2, 0) is 4.79 Å². The Labute approximate surface area is 102 Å². The first-order valence-corrected chi connectivity index (χ1v) is 5.25. The Balaban J connectivity index is 2.46. The van der Waals surface area contributed by atoms with Crippen molar-refractivity contribution < 1.29 is 14.6 Å². The summed E-state index contributed by atoms with van der Waals surface area (Å²) in [6.07, 6.45) is 0.340. The number of benzene rings is 1. The smallest absolute Gasteiger partial charge is 0.344 e. The van der Waals surface area contributed by atoms with Crippen molar-refractivity contribution in [2.24, 2.45) is 0 Å². The first-order chi connectivity index (χ1) is 8.08. The number of carboxylic acid groups (broad SMARTS) is 1. The molecule has 0 saturated heterocycles. The number of rotatable bonds is 3. The first-order valence-electron chi connectivity index (χ1n) is 4.87. The van der Waals surface area contributed by atoms with Crippen molar-refractivity contribution in [3.05, 3.63) is 29.5 Å². The zero-order chi connectivity index (χ0) is 12.4. The van der Waals surface area contributed by atoms with E-state index in [2.05, 4.69) is 9.97 Å². The maximum Gasteiger partial charge on any atom is 0.344 e. The molecule has 2 aromatic rings. The maximum absolute atomic E-state index is 10.7. The van der Waals surface area contributed by atoms with Crippen LogP contribution in [0.25, 0.3) is 10.9 Å². The Bertz CT molecular complexity index is 574. The summed E-state index contributed by atoms with van der Waals surface area (Å²) in [7, 11) is 0. The lowest BCUT2D eigenvalue weighted by atomic mass is 10.2. The van der Waals surface area contributed by atoms with Gasteiger partial charge in [-0.3, -0.25) is 0 Å². The molecule has 1 heterocycles. The Hall–Kier alpha value is -1.88. The SMILES string of the molecule is CC(Oc1ncnc2ccc(Cl)cc12)C(=O)O. The number of carboxylic acids is 1. The molecule has 0 aliphatic heterocycles. The van der Waals surface area contributed by atoms with Gasteiger partial charge in [-0.05, 0) is 25.1 Å². The van der Waals surface area contributed by atoms with Crippen molar-refractivity contribution >= 4 is 28.5 Å². The summed E-state index contributed by atoms with van der Waals surface area (Å²) < 4.78 is 5.23. The lowest BCUT2D eigenvalue weighted by molar-refractivity contribution is -0.144. The average molecular weight is 253 g/mol. The van der Waals surface area contributed by atoms with E-state index >= 15 is 0 Å². The van der Waals surface area contributed by atoms with Gasteiger partial charge in [0.1, 0.15) is 6.33 Å². The predicted molar refractivity (Wildman–Crippen MR) is 62.3 cm³/mol. The van der Waals surface area contributed by atoms with Gasteiger partial charge in [-0.25, -0.2) is 14.8 Å². The normalized spacial score (nSPS) is 12.4. The van der Waals surface area contributed by atoms with Crippen molar-refractivity contribution in [1.82, 2.24) is 9.97 Å². The second kappa shape index (κ2) is 4.55. The highest BCUT2D eigenvalue weighted by Crippen LogP contribution is 2.25. The zero-order valence-electron chi connectivity index (χ0n) is 8.92. The summed E-state index contributed by atoms with van der Waals surface area (Å²) in [5, 5.41) is 9.88. The molecule has 6 heteroatoms. The fourth-order valence-corrected chi connectivity index (χ4v) is 1.49. The molecule has 0 aliphatic rings. The molecule has 1 N–H and O–H groups in total. The molecule has 88 valence electrons. The predicted octanol–water partition coefficient (Wildman–Crippen LogP) is 2.14. The minimum atomic E-state index is -1.06. The van der Waals surface area contributed by atoms with Crippen molar-refractivity contribution in [2.75, 3.05) is 0 Å². The Morgan fingerprint density at radius 2 is 2.24 bits per heavy atom. The summed E-state index contributed by atoms with van der Waals surface area (Å²) >= 11 is 5.86. The third-order valence-electron chi connectivity index (χ3n) is 2.20. The third kappa shape index (κ3) is 2.45. The lowest BCUT2D eigenvalue weighted by Crippen LogP contribution is -2.23. The molecule has 0 saturated carbocycles. The van der Waals surface area contributed by atoms with E-state index in [0.29, 0.717) is 15.9 Å². The summed E-state index contributed by atoms with van der Waals surface area (Å²) in [5.74, 6) is -0.841. The van der Waals surface area contributed by atoms with Crippen LogP contribution >= 0.6 is 11.6 Å². The summed E-state index contributed by atoms with van der Waals surface area (Å²) in [4.78, 5) is 18.7. The molecular formula is C11H9ClN2O3. The van der Waals surface area contributed by atoms with Crippen molar-refractivity contribution in [3.63, 3.8) is 0 Å². The van der Waals surface area contributed by atoms with Gasteiger partial charge in [0.25, 0.3) is 0 Å². The molecule has 0 fully saturated rings. The van der Waals surface area contributed by atoms with Crippen LogP contribution in [0.15, 0.2) is 24.5 Å². The number of hydrogen-bond donors (Lipinski definition) is 1. The van der Waals surface area contributed by atoms with E-state index in [0.717, 1.165) is 0 Å². The van der Waals surface area contributed by atoms with E-state index in [4.69, 9.17) is 21.4 Å². The lowest BCUT2D eigenvalue weighted by Gasteiger charge is -2.10. The van der Waals surface area contributed by atoms with Crippen molar-refractivity contribution in [2.45, 2.75) is 13.0 Å². The molecule has 1 unspecified atom stereocenters. The van der Waals surface area contributed by atoms with Gasteiger partial charge < -0.3 is 9.84 Å². The quantitative estimate of drug-likeness (QED) is 0.906. The first kappa shape index (κ1) is 11.6. The third-order valence-corrected chi connectivity index (χ3v) is 2.43. The number of aliphatic carboxylic acids is 1. The summed E-state index contributed by atoms with van der Waals surface area (Å²) in [6.45, 7) is 1.43. The highest BCUT2D eigenvalue weighted by Gasteiger charge is 2.15. The van der Waals surface area contributed by atoms with Crippen LogP contribution in [0.2, 0.25) is 5.02 Å². The molecule has 17 heavy (non-hydrogen) atoms. The van der Waals surface area contributed by atoms with Crippen LogP contribution < -0.4 is 4.74 Å². The van der Waals surface area contributed by atoms with Crippen LogP contribution in [0.5, 0.6) is 5.88 Å². The highest BCUT2D eigenvalue weighted by molar-refractivity contribution is 6.31. The highest BCUT2D eigenvalue weighted by atomic mass is 35.5. The number of ether oxygens (including phenoxy) is 1. The molecular weight excluding hydrogens is 244 g/mol. The van der Waals surface area contributed by atoms with Crippen molar-refractivity contribution in [3.8, 4) is 5.88 Å². The average Bonchev–Trinajstić information content (AvgIpc) is 2.29. The molecule has 1 aromatic heterocycles. The topological polar surface area (TPSA) is 72.3 Å². The zero-order valence-corrected chi connectivity index (χ0v) is 9.68. The van der Waals surface area contributed by atoms with Crippen molar-refractivity contribution in [1.29, 1.82) is 0 Å². The number of fused-ring (bicyclic) bond motifs is 1. The summed E-state index contributed by atoms with van der Waals surface area (Å²) in [6, 6.07) is 5.06. The van der Waals surface area contributed by atoms with E-state index < -0.39 is 12.1 Å². The molecule has 0 aliphatic carbocycles.